The van der Waals surface area contributed by atoms with E-state index in [0.29, 0.717) is 5.69 Å². The molecule has 6 heteroatoms. The van der Waals surface area contributed by atoms with Gasteiger partial charge in [-0.15, -0.1) is 0 Å². The lowest BCUT2D eigenvalue weighted by atomic mass is 10.1. The molecule has 1 amide bonds. The first-order chi connectivity index (χ1) is 8.32. The Morgan fingerprint density at radius 1 is 1.50 bits per heavy atom. The molecule has 102 valence electrons. The third kappa shape index (κ3) is 3.46. The molecule has 0 bridgehead atoms. The van der Waals surface area contributed by atoms with Crippen molar-refractivity contribution in [3.63, 3.8) is 0 Å². The zero-order valence-corrected chi connectivity index (χ0v) is 11.4. The Morgan fingerprint density at radius 2 is 2.11 bits per heavy atom. The minimum Gasteiger partial charge on any atom is -0.396 e. The minimum atomic E-state index is -0.528. The van der Waals surface area contributed by atoms with E-state index >= 15 is 0 Å². The SMILES string of the molecule is Cc1nn(CC(=O)NCC(O)C(C)C)c(C)c1N. The second kappa shape index (κ2) is 5.86. The lowest BCUT2D eigenvalue weighted by Crippen LogP contribution is -2.36. The molecular weight excluding hydrogens is 232 g/mol. The van der Waals surface area contributed by atoms with E-state index in [1.165, 1.54) is 0 Å². The highest BCUT2D eigenvalue weighted by atomic mass is 16.3. The highest BCUT2D eigenvalue weighted by molar-refractivity contribution is 5.75. The fourth-order valence-electron chi connectivity index (χ4n) is 1.51. The summed E-state index contributed by atoms with van der Waals surface area (Å²) in [6.45, 7) is 7.81. The average molecular weight is 254 g/mol. The standard InChI is InChI=1S/C12H22N4O2/c1-7(2)10(17)5-14-11(18)6-16-9(4)12(13)8(3)15-16/h7,10,17H,5-6,13H2,1-4H3,(H,14,18). The van der Waals surface area contributed by atoms with Crippen LogP contribution in [0.4, 0.5) is 5.69 Å². The van der Waals surface area contributed by atoms with E-state index in [2.05, 4.69) is 10.4 Å². The first-order valence-corrected chi connectivity index (χ1v) is 6.07. The van der Waals surface area contributed by atoms with E-state index in [9.17, 15) is 9.90 Å². The van der Waals surface area contributed by atoms with Gasteiger partial charge in [0.15, 0.2) is 0 Å². The van der Waals surface area contributed by atoms with Gasteiger partial charge in [0.1, 0.15) is 6.54 Å². The maximum atomic E-state index is 11.7. The number of aryl methyl sites for hydroxylation is 1. The van der Waals surface area contributed by atoms with Crippen molar-refractivity contribution in [1.82, 2.24) is 15.1 Å². The van der Waals surface area contributed by atoms with Gasteiger partial charge in [0, 0.05) is 6.54 Å². The average Bonchev–Trinajstić information content (AvgIpc) is 2.54. The molecule has 1 aromatic heterocycles. The lowest BCUT2D eigenvalue weighted by molar-refractivity contribution is -0.122. The molecule has 0 spiro atoms. The molecule has 1 rings (SSSR count). The number of nitrogens with one attached hydrogen (secondary N) is 1. The molecule has 0 saturated carbocycles. The second-order valence-electron chi connectivity index (χ2n) is 4.86. The molecule has 0 fully saturated rings. The zero-order valence-electron chi connectivity index (χ0n) is 11.4. The number of aliphatic hydroxyl groups is 1. The molecule has 0 aliphatic carbocycles. The van der Waals surface area contributed by atoms with Gasteiger partial charge in [0.25, 0.3) is 0 Å². The van der Waals surface area contributed by atoms with Crippen LogP contribution in [-0.4, -0.2) is 33.4 Å². The van der Waals surface area contributed by atoms with E-state index in [1.807, 2.05) is 20.8 Å². The van der Waals surface area contributed by atoms with E-state index in [4.69, 9.17) is 5.73 Å². The van der Waals surface area contributed by atoms with Crippen LogP contribution in [0.15, 0.2) is 0 Å². The number of hydrogen-bond acceptors (Lipinski definition) is 4. The van der Waals surface area contributed by atoms with Crippen molar-refractivity contribution in [2.45, 2.75) is 40.3 Å². The Balaban J connectivity index is 2.52. The third-order valence-corrected chi connectivity index (χ3v) is 3.01. The highest BCUT2D eigenvalue weighted by Gasteiger charge is 2.13. The zero-order chi connectivity index (χ0) is 13.9. The minimum absolute atomic E-state index is 0.120. The van der Waals surface area contributed by atoms with Crippen molar-refractivity contribution in [2.75, 3.05) is 12.3 Å². The highest BCUT2D eigenvalue weighted by Crippen LogP contribution is 2.14. The number of nitrogens with two attached hydrogens (primary N) is 1. The molecule has 4 N–H and O–H groups in total. The van der Waals surface area contributed by atoms with Gasteiger partial charge in [-0.05, 0) is 19.8 Å². The number of nitrogens with zero attached hydrogens (tertiary/aromatic N) is 2. The molecular formula is C12H22N4O2. The number of carbonyl (C=O) groups is 1. The van der Waals surface area contributed by atoms with Gasteiger partial charge >= 0.3 is 0 Å². The Bertz CT molecular complexity index is 426. The number of hydrogen-bond donors (Lipinski definition) is 3. The predicted molar refractivity (Wildman–Crippen MR) is 70.0 cm³/mol. The molecule has 0 radical (unpaired) electrons. The van der Waals surface area contributed by atoms with Crippen molar-refractivity contribution < 1.29 is 9.90 Å². The van der Waals surface area contributed by atoms with Crippen LogP contribution in [0.1, 0.15) is 25.2 Å². The molecule has 1 aromatic rings. The number of anilines is 1. The van der Waals surface area contributed by atoms with Crippen LogP contribution in [0.3, 0.4) is 0 Å². The van der Waals surface area contributed by atoms with Gasteiger partial charge in [-0.25, -0.2) is 0 Å². The normalized spacial score (nSPS) is 12.8. The van der Waals surface area contributed by atoms with Crippen molar-refractivity contribution >= 4 is 11.6 Å². The summed E-state index contributed by atoms with van der Waals surface area (Å²) < 4.78 is 1.57. The summed E-state index contributed by atoms with van der Waals surface area (Å²) >= 11 is 0. The molecule has 1 unspecified atom stereocenters. The van der Waals surface area contributed by atoms with Crippen LogP contribution in [0, 0.1) is 19.8 Å². The van der Waals surface area contributed by atoms with E-state index in [-0.39, 0.29) is 24.9 Å². The van der Waals surface area contributed by atoms with Crippen LogP contribution < -0.4 is 11.1 Å². The molecule has 6 nitrogen and oxygen atoms in total. The van der Waals surface area contributed by atoms with Crippen molar-refractivity contribution in [2.24, 2.45) is 5.92 Å². The van der Waals surface area contributed by atoms with Gasteiger partial charge in [0.05, 0.1) is 23.2 Å². The van der Waals surface area contributed by atoms with Gasteiger partial charge in [-0.3, -0.25) is 9.48 Å². The third-order valence-electron chi connectivity index (χ3n) is 3.01. The molecule has 0 saturated heterocycles. The van der Waals surface area contributed by atoms with Crippen molar-refractivity contribution in [3.05, 3.63) is 11.4 Å². The van der Waals surface area contributed by atoms with Crippen LogP contribution >= 0.6 is 0 Å². The maximum absolute atomic E-state index is 11.7. The number of aliphatic hydroxyl groups excluding tert-OH is 1. The summed E-state index contributed by atoms with van der Waals surface area (Å²) in [5, 5.41) is 16.4. The van der Waals surface area contributed by atoms with Crippen LogP contribution in [0.2, 0.25) is 0 Å². The van der Waals surface area contributed by atoms with Crippen LogP contribution in [0.5, 0.6) is 0 Å². The molecule has 18 heavy (non-hydrogen) atoms. The number of nitrogen functional groups attached to an aromatic ring is 1. The summed E-state index contributed by atoms with van der Waals surface area (Å²) in [5.41, 5.74) is 7.91. The Labute approximate surface area is 107 Å². The molecule has 1 atom stereocenters. The Kier molecular flexibility index (Phi) is 4.72. The van der Waals surface area contributed by atoms with Crippen LogP contribution in [0.25, 0.3) is 0 Å². The summed E-state index contributed by atoms with van der Waals surface area (Å²) in [6.07, 6.45) is -0.528. The largest absolute Gasteiger partial charge is 0.396 e. The van der Waals surface area contributed by atoms with E-state index in [0.717, 1.165) is 11.4 Å². The predicted octanol–water partition coefficient (Wildman–Crippen LogP) is 0.215. The number of carbonyl (C=O) groups excluding carboxylic acids is 1. The first kappa shape index (κ1) is 14.5. The van der Waals surface area contributed by atoms with Crippen molar-refractivity contribution in [3.8, 4) is 0 Å². The van der Waals surface area contributed by atoms with E-state index in [1.54, 1.807) is 11.6 Å². The second-order valence-corrected chi connectivity index (χ2v) is 4.86. The molecule has 0 aliphatic heterocycles. The number of amides is 1. The van der Waals surface area contributed by atoms with Gasteiger partial charge < -0.3 is 16.2 Å². The summed E-state index contributed by atoms with van der Waals surface area (Å²) in [5.74, 6) is -0.0603. The maximum Gasteiger partial charge on any atom is 0.241 e. The van der Waals surface area contributed by atoms with Gasteiger partial charge in [0.2, 0.25) is 5.91 Å². The lowest BCUT2D eigenvalue weighted by Gasteiger charge is -2.15. The monoisotopic (exact) mass is 254 g/mol. The molecule has 1 heterocycles. The molecule has 0 aromatic carbocycles. The van der Waals surface area contributed by atoms with Crippen molar-refractivity contribution in [1.29, 1.82) is 0 Å². The van der Waals surface area contributed by atoms with Crippen LogP contribution in [-0.2, 0) is 11.3 Å². The Hall–Kier alpha value is -1.56. The molecule has 0 aliphatic rings. The number of aromatic nitrogens is 2. The van der Waals surface area contributed by atoms with E-state index < -0.39 is 6.10 Å². The summed E-state index contributed by atoms with van der Waals surface area (Å²) in [7, 11) is 0. The van der Waals surface area contributed by atoms with Gasteiger partial charge in [-0.1, -0.05) is 13.8 Å². The quantitative estimate of drug-likeness (QED) is 0.700. The first-order valence-electron chi connectivity index (χ1n) is 6.07. The number of rotatable bonds is 5. The summed E-state index contributed by atoms with van der Waals surface area (Å²) in [4.78, 5) is 11.7. The van der Waals surface area contributed by atoms with Gasteiger partial charge in [-0.2, -0.15) is 5.10 Å². The summed E-state index contributed by atoms with van der Waals surface area (Å²) in [6, 6.07) is 0. The fourth-order valence-corrected chi connectivity index (χ4v) is 1.51. The topological polar surface area (TPSA) is 93.2 Å². The Morgan fingerprint density at radius 3 is 2.56 bits per heavy atom. The fraction of sp³-hybridized carbons (Fsp3) is 0.667. The smallest absolute Gasteiger partial charge is 0.241 e.